The van der Waals surface area contributed by atoms with Crippen molar-refractivity contribution in [1.82, 2.24) is 10.6 Å². The van der Waals surface area contributed by atoms with Crippen LogP contribution in [0.3, 0.4) is 0 Å². The average molecular weight is 428 g/mol. The molecule has 2 amide bonds. The Hall–Kier alpha value is -3.39. The second kappa shape index (κ2) is 12.3. The summed E-state index contributed by atoms with van der Waals surface area (Å²) >= 11 is 0. The van der Waals surface area contributed by atoms with Crippen LogP contribution in [0.25, 0.3) is 0 Å². The molecule has 166 valence electrons. The molecule has 0 saturated heterocycles. The molecular formula is C23H28N2O6. The van der Waals surface area contributed by atoms with Crippen molar-refractivity contribution in [3.8, 4) is 0 Å². The lowest BCUT2D eigenvalue weighted by Gasteiger charge is -2.19. The van der Waals surface area contributed by atoms with E-state index in [4.69, 9.17) is 9.47 Å². The maximum Gasteiger partial charge on any atom is 0.407 e. The van der Waals surface area contributed by atoms with Crippen LogP contribution in [0.1, 0.15) is 23.1 Å². The molecule has 2 aromatic carbocycles. The molecule has 0 saturated carbocycles. The number of amides is 2. The summed E-state index contributed by atoms with van der Waals surface area (Å²) in [6.45, 7) is 1.85. The molecule has 8 heteroatoms. The molecule has 0 aliphatic carbocycles. The number of hydrogen-bond acceptors (Lipinski definition) is 6. The monoisotopic (exact) mass is 428 g/mol. The molecule has 3 N–H and O–H groups in total. The number of rotatable bonds is 10. The molecule has 0 aliphatic heterocycles. The molecule has 0 spiro atoms. The van der Waals surface area contributed by atoms with Crippen LogP contribution in [0.2, 0.25) is 0 Å². The molecule has 0 fully saturated rings. The lowest BCUT2D eigenvalue weighted by atomic mass is 10.0. The van der Waals surface area contributed by atoms with Crippen LogP contribution in [-0.2, 0) is 32.1 Å². The minimum atomic E-state index is -1.14. The van der Waals surface area contributed by atoms with Crippen molar-refractivity contribution >= 4 is 18.0 Å². The lowest BCUT2D eigenvalue weighted by Crippen LogP contribution is -2.45. The predicted molar refractivity (Wildman–Crippen MR) is 114 cm³/mol. The fourth-order valence-corrected chi connectivity index (χ4v) is 2.91. The molecule has 8 nitrogen and oxygen atoms in total. The normalized spacial score (nSPS) is 12.4. The SMILES string of the molecule is COC(=O)[C@@H](Cc1ccccc1C)NC(=O)C[C@H](O)CNC(=O)OCc1ccccc1. The topological polar surface area (TPSA) is 114 Å². The maximum absolute atomic E-state index is 12.3. The third-order valence-electron chi connectivity index (χ3n) is 4.62. The number of carbonyl (C=O) groups excluding carboxylic acids is 3. The van der Waals surface area contributed by atoms with E-state index in [9.17, 15) is 19.5 Å². The third-order valence-corrected chi connectivity index (χ3v) is 4.62. The Morgan fingerprint density at radius 3 is 2.39 bits per heavy atom. The van der Waals surface area contributed by atoms with E-state index >= 15 is 0 Å². The Kier molecular flexibility index (Phi) is 9.51. The van der Waals surface area contributed by atoms with E-state index in [0.717, 1.165) is 16.7 Å². The number of ether oxygens (including phenoxy) is 2. The number of methoxy groups -OCH3 is 1. The Morgan fingerprint density at radius 1 is 1.03 bits per heavy atom. The van der Waals surface area contributed by atoms with Crippen molar-refractivity contribution in [1.29, 1.82) is 0 Å². The number of nitrogens with one attached hydrogen (secondary N) is 2. The number of carbonyl (C=O) groups is 3. The Morgan fingerprint density at radius 2 is 1.71 bits per heavy atom. The van der Waals surface area contributed by atoms with Gasteiger partial charge in [0.05, 0.1) is 19.6 Å². The number of alkyl carbamates (subject to hydrolysis) is 1. The van der Waals surface area contributed by atoms with Gasteiger partial charge in [0.1, 0.15) is 12.6 Å². The summed E-state index contributed by atoms with van der Waals surface area (Å²) in [5.74, 6) is -1.11. The van der Waals surface area contributed by atoms with Crippen LogP contribution in [0.5, 0.6) is 0 Å². The van der Waals surface area contributed by atoms with Crippen molar-refractivity contribution in [3.05, 3.63) is 71.3 Å². The van der Waals surface area contributed by atoms with Crippen LogP contribution in [0.4, 0.5) is 4.79 Å². The van der Waals surface area contributed by atoms with Crippen LogP contribution < -0.4 is 10.6 Å². The standard InChI is InChI=1S/C23H28N2O6/c1-16-8-6-7-11-18(16)12-20(22(28)30-2)25-21(27)13-19(26)14-24-23(29)31-15-17-9-4-3-5-10-17/h3-11,19-20,26H,12-15H2,1-2H3,(H,24,29)(H,25,27)/t19-,20+/m0/s1. The largest absolute Gasteiger partial charge is 0.467 e. The lowest BCUT2D eigenvalue weighted by molar-refractivity contribution is -0.145. The molecule has 0 aliphatic rings. The van der Waals surface area contributed by atoms with Gasteiger partial charge in [-0.3, -0.25) is 4.79 Å². The van der Waals surface area contributed by atoms with E-state index < -0.39 is 30.1 Å². The quantitative estimate of drug-likeness (QED) is 0.498. The van der Waals surface area contributed by atoms with Gasteiger partial charge in [-0.15, -0.1) is 0 Å². The van der Waals surface area contributed by atoms with Gasteiger partial charge in [0.2, 0.25) is 5.91 Å². The summed E-state index contributed by atoms with van der Waals surface area (Å²) in [5, 5.41) is 15.0. The van der Waals surface area contributed by atoms with Crippen molar-refractivity contribution in [2.24, 2.45) is 0 Å². The Labute approximate surface area is 181 Å². The Balaban J connectivity index is 1.78. The molecule has 2 atom stereocenters. The molecule has 31 heavy (non-hydrogen) atoms. The first-order valence-corrected chi connectivity index (χ1v) is 9.93. The molecular weight excluding hydrogens is 400 g/mol. The summed E-state index contributed by atoms with van der Waals surface area (Å²) in [5.41, 5.74) is 2.73. The third kappa shape index (κ3) is 8.47. The summed E-state index contributed by atoms with van der Waals surface area (Å²) in [4.78, 5) is 36.1. The van der Waals surface area contributed by atoms with Gasteiger partial charge in [0.25, 0.3) is 0 Å². The van der Waals surface area contributed by atoms with E-state index in [1.165, 1.54) is 7.11 Å². The predicted octanol–water partition coefficient (Wildman–Crippen LogP) is 1.87. The number of aliphatic hydroxyl groups excluding tert-OH is 1. The van der Waals surface area contributed by atoms with Gasteiger partial charge in [-0.05, 0) is 23.6 Å². The minimum absolute atomic E-state index is 0.100. The molecule has 0 unspecified atom stereocenters. The van der Waals surface area contributed by atoms with E-state index in [2.05, 4.69) is 10.6 Å². The first-order valence-electron chi connectivity index (χ1n) is 9.93. The zero-order chi connectivity index (χ0) is 22.6. The van der Waals surface area contributed by atoms with Gasteiger partial charge in [-0.2, -0.15) is 0 Å². The second-order valence-electron chi connectivity index (χ2n) is 7.07. The first-order chi connectivity index (χ1) is 14.9. The van der Waals surface area contributed by atoms with Crippen LogP contribution in [-0.4, -0.2) is 48.9 Å². The van der Waals surface area contributed by atoms with E-state index in [-0.39, 0.29) is 26.0 Å². The van der Waals surface area contributed by atoms with Gasteiger partial charge < -0.3 is 25.2 Å². The van der Waals surface area contributed by atoms with Gasteiger partial charge in [0, 0.05) is 13.0 Å². The van der Waals surface area contributed by atoms with Crippen molar-refractivity contribution in [2.75, 3.05) is 13.7 Å². The fraction of sp³-hybridized carbons (Fsp3) is 0.348. The molecule has 2 aromatic rings. The summed E-state index contributed by atoms with van der Waals surface area (Å²) in [6, 6.07) is 15.8. The van der Waals surface area contributed by atoms with Crippen molar-refractivity contribution < 1.29 is 29.0 Å². The zero-order valence-electron chi connectivity index (χ0n) is 17.7. The molecule has 0 heterocycles. The highest BCUT2D eigenvalue weighted by Gasteiger charge is 2.24. The smallest absolute Gasteiger partial charge is 0.407 e. The average Bonchev–Trinajstić information content (AvgIpc) is 2.77. The zero-order valence-corrected chi connectivity index (χ0v) is 17.7. The number of benzene rings is 2. The maximum atomic E-state index is 12.3. The molecule has 2 rings (SSSR count). The highest BCUT2D eigenvalue weighted by Crippen LogP contribution is 2.11. The number of aliphatic hydroxyl groups is 1. The Bertz CT molecular complexity index is 871. The number of hydrogen-bond donors (Lipinski definition) is 3. The highest BCUT2D eigenvalue weighted by atomic mass is 16.5. The van der Waals surface area contributed by atoms with Gasteiger partial charge in [0.15, 0.2) is 0 Å². The van der Waals surface area contributed by atoms with Gasteiger partial charge >= 0.3 is 12.1 Å². The van der Waals surface area contributed by atoms with Crippen LogP contribution >= 0.6 is 0 Å². The van der Waals surface area contributed by atoms with E-state index in [1.807, 2.05) is 61.5 Å². The summed E-state index contributed by atoms with van der Waals surface area (Å²) in [6.07, 6.45) is -1.86. The highest BCUT2D eigenvalue weighted by molar-refractivity contribution is 5.85. The van der Waals surface area contributed by atoms with Crippen LogP contribution in [0, 0.1) is 6.92 Å². The molecule has 0 radical (unpaired) electrons. The fourth-order valence-electron chi connectivity index (χ4n) is 2.91. The van der Waals surface area contributed by atoms with E-state index in [1.54, 1.807) is 0 Å². The number of aryl methyl sites for hydroxylation is 1. The van der Waals surface area contributed by atoms with Crippen molar-refractivity contribution in [3.63, 3.8) is 0 Å². The summed E-state index contributed by atoms with van der Waals surface area (Å²) in [7, 11) is 1.25. The molecule has 0 bridgehead atoms. The van der Waals surface area contributed by atoms with E-state index in [0.29, 0.717) is 0 Å². The minimum Gasteiger partial charge on any atom is -0.467 e. The van der Waals surface area contributed by atoms with Gasteiger partial charge in [-0.25, -0.2) is 9.59 Å². The van der Waals surface area contributed by atoms with Gasteiger partial charge in [-0.1, -0.05) is 54.6 Å². The first kappa shape index (κ1) is 23.9. The second-order valence-corrected chi connectivity index (χ2v) is 7.07. The van der Waals surface area contributed by atoms with Crippen molar-refractivity contribution in [2.45, 2.75) is 38.5 Å². The van der Waals surface area contributed by atoms with Crippen LogP contribution in [0.15, 0.2) is 54.6 Å². The molecule has 0 aromatic heterocycles. The number of esters is 1. The summed E-state index contributed by atoms with van der Waals surface area (Å²) < 4.78 is 9.83.